The van der Waals surface area contributed by atoms with Crippen molar-refractivity contribution < 1.29 is 5.11 Å². The van der Waals surface area contributed by atoms with Gasteiger partial charge in [-0.15, -0.1) is 5.10 Å². The number of phenolic OH excluding ortho intramolecular Hbond substituents is 1. The van der Waals surface area contributed by atoms with E-state index in [2.05, 4.69) is 22.4 Å². The molecule has 2 aromatic carbocycles. The van der Waals surface area contributed by atoms with Gasteiger partial charge in [-0.05, 0) is 58.8 Å². The molecule has 0 unspecified atom stereocenters. The molecule has 23 heavy (non-hydrogen) atoms. The number of rotatable bonds is 5. The molecule has 7 heteroatoms. The number of halogens is 1. The van der Waals surface area contributed by atoms with E-state index in [1.165, 1.54) is 5.56 Å². The molecule has 0 aliphatic heterocycles. The van der Waals surface area contributed by atoms with Crippen molar-refractivity contribution in [1.29, 1.82) is 0 Å². The molecule has 1 heterocycles. The van der Waals surface area contributed by atoms with Crippen molar-refractivity contribution in [1.82, 2.24) is 20.2 Å². The van der Waals surface area contributed by atoms with Gasteiger partial charge in [0, 0.05) is 10.3 Å². The number of phenols is 1. The summed E-state index contributed by atoms with van der Waals surface area (Å²) >= 11 is 7.56. The fourth-order valence-electron chi connectivity index (χ4n) is 2.20. The number of hydrogen-bond donors (Lipinski definition) is 1. The summed E-state index contributed by atoms with van der Waals surface area (Å²) in [6, 6.07) is 14.6. The number of benzene rings is 2. The molecule has 0 aliphatic carbocycles. The lowest BCUT2D eigenvalue weighted by molar-refractivity contribution is 0.475. The maximum absolute atomic E-state index is 9.40. The summed E-state index contributed by atoms with van der Waals surface area (Å²) < 4.78 is 1.67. The van der Waals surface area contributed by atoms with Gasteiger partial charge >= 0.3 is 0 Å². The van der Waals surface area contributed by atoms with Crippen molar-refractivity contribution in [3.8, 4) is 11.4 Å². The van der Waals surface area contributed by atoms with Crippen LogP contribution in [-0.2, 0) is 0 Å². The topological polar surface area (TPSA) is 63.8 Å². The highest BCUT2D eigenvalue weighted by Gasteiger charge is 2.17. The third-order valence-electron chi connectivity index (χ3n) is 3.40. The van der Waals surface area contributed by atoms with E-state index < -0.39 is 0 Å². The lowest BCUT2D eigenvalue weighted by Gasteiger charge is -2.14. The molecule has 0 saturated heterocycles. The van der Waals surface area contributed by atoms with Gasteiger partial charge in [0.1, 0.15) is 5.75 Å². The van der Waals surface area contributed by atoms with E-state index in [4.69, 9.17) is 11.6 Å². The Morgan fingerprint density at radius 3 is 2.48 bits per heavy atom. The molecule has 0 amide bonds. The number of hydrogen-bond acceptors (Lipinski definition) is 5. The van der Waals surface area contributed by atoms with Crippen molar-refractivity contribution in [2.45, 2.75) is 23.8 Å². The van der Waals surface area contributed by atoms with Crippen LogP contribution in [0, 0.1) is 0 Å². The SMILES string of the molecule is CC[C@H](Sc1nnnn1-c1ccc(O)cc1)c1ccc(Cl)cc1. The van der Waals surface area contributed by atoms with E-state index in [1.54, 1.807) is 40.7 Å². The second kappa shape index (κ2) is 7.02. The number of tetrazole rings is 1. The number of aromatic nitrogens is 4. The van der Waals surface area contributed by atoms with Crippen LogP contribution in [0.1, 0.15) is 24.2 Å². The van der Waals surface area contributed by atoms with Crippen molar-refractivity contribution in [3.05, 3.63) is 59.1 Å². The molecule has 0 radical (unpaired) electrons. The number of thioether (sulfide) groups is 1. The zero-order chi connectivity index (χ0) is 16.2. The Bertz CT molecular complexity index is 774. The average molecular weight is 347 g/mol. The molecule has 0 fully saturated rings. The third-order valence-corrected chi connectivity index (χ3v) is 5.00. The summed E-state index contributed by atoms with van der Waals surface area (Å²) in [5, 5.41) is 23.0. The van der Waals surface area contributed by atoms with Gasteiger partial charge in [0.2, 0.25) is 5.16 Å². The van der Waals surface area contributed by atoms with Crippen LogP contribution in [0.25, 0.3) is 5.69 Å². The first-order chi connectivity index (χ1) is 11.2. The van der Waals surface area contributed by atoms with Crippen LogP contribution in [0.3, 0.4) is 0 Å². The minimum Gasteiger partial charge on any atom is -0.508 e. The highest BCUT2D eigenvalue weighted by molar-refractivity contribution is 7.99. The Kier molecular flexibility index (Phi) is 4.83. The Labute approximate surface area is 143 Å². The molecule has 0 bridgehead atoms. The molecule has 1 atom stereocenters. The predicted octanol–water partition coefficient (Wildman–Crippen LogP) is 4.26. The van der Waals surface area contributed by atoms with E-state index in [0.29, 0.717) is 5.16 Å². The van der Waals surface area contributed by atoms with Crippen molar-refractivity contribution in [2.24, 2.45) is 0 Å². The minimum absolute atomic E-state index is 0.212. The molecule has 0 aliphatic rings. The summed E-state index contributed by atoms with van der Waals surface area (Å²) in [5.74, 6) is 0.212. The quantitative estimate of drug-likeness (QED) is 0.699. The van der Waals surface area contributed by atoms with E-state index >= 15 is 0 Å². The Morgan fingerprint density at radius 2 is 1.83 bits per heavy atom. The fourth-order valence-corrected chi connectivity index (χ4v) is 3.37. The van der Waals surface area contributed by atoms with Crippen LogP contribution in [-0.4, -0.2) is 25.3 Å². The fraction of sp³-hybridized carbons (Fsp3) is 0.188. The molecular weight excluding hydrogens is 332 g/mol. The predicted molar refractivity (Wildman–Crippen MR) is 91.2 cm³/mol. The largest absolute Gasteiger partial charge is 0.508 e. The molecule has 1 aromatic heterocycles. The summed E-state index contributed by atoms with van der Waals surface area (Å²) in [6.07, 6.45) is 0.939. The summed E-state index contributed by atoms with van der Waals surface area (Å²) in [5.41, 5.74) is 1.99. The molecule has 0 saturated carbocycles. The van der Waals surface area contributed by atoms with Gasteiger partial charge in [-0.1, -0.05) is 42.4 Å². The molecule has 5 nitrogen and oxygen atoms in total. The van der Waals surface area contributed by atoms with Crippen molar-refractivity contribution in [3.63, 3.8) is 0 Å². The van der Waals surface area contributed by atoms with Crippen LogP contribution in [0.5, 0.6) is 5.75 Å². The second-order valence-corrected chi connectivity index (χ2v) is 6.56. The number of nitrogens with zero attached hydrogens (tertiary/aromatic N) is 4. The lowest BCUT2D eigenvalue weighted by Crippen LogP contribution is -2.01. The molecule has 3 aromatic rings. The summed E-state index contributed by atoms with van der Waals surface area (Å²) in [4.78, 5) is 0. The Hall–Kier alpha value is -2.05. The smallest absolute Gasteiger partial charge is 0.214 e. The first kappa shape index (κ1) is 15.8. The zero-order valence-corrected chi connectivity index (χ0v) is 14.0. The van der Waals surface area contributed by atoms with Gasteiger partial charge in [-0.2, -0.15) is 4.68 Å². The van der Waals surface area contributed by atoms with Gasteiger partial charge in [-0.25, -0.2) is 0 Å². The standard InChI is InChI=1S/C16H15ClN4OS/c1-2-15(11-3-5-12(17)6-4-11)23-16-18-19-20-21(16)13-7-9-14(22)10-8-13/h3-10,15,22H,2H2,1H3/t15-/m0/s1. The molecule has 3 rings (SSSR count). The van der Waals surface area contributed by atoms with Gasteiger partial charge in [0.05, 0.1) is 5.69 Å². The van der Waals surface area contributed by atoms with Gasteiger partial charge in [0.15, 0.2) is 0 Å². The molecular formula is C16H15ClN4OS. The van der Waals surface area contributed by atoms with Crippen LogP contribution in [0.2, 0.25) is 5.02 Å². The van der Waals surface area contributed by atoms with E-state index in [0.717, 1.165) is 17.1 Å². The summed E-state index contributed by atoms with van der Waals surface area (Å²) in [6.45, 7) is 2.13. The summed E-state index contributed by atoms with van der Waals surface area (Å²) in [7, 11) is 0. The van der Waals surface area contributed by atoms with E-state index in [9.17, 15) is 5.11 Å². The highest BCUT2D eigenvalue weighted by atomic mass is 35.5. The first-order valence-electron chi connectivity index (χ1n) is 7.17. The van der Waals surface area contributed by atoms with E-state index in [-0.39, 0.29) is 11.0 Å². The van der Waals surface area contributed by atoms with E-state index in [1.807, 2.05) is 24.3 Å². The van der Waals surface area contributed by atoms with Crippen molar-refractivity contribution >= 4 is 23.4 Å². The van der Waals surface area contributed by atoms with Gasteiger partial charge in [0.25, 0.3) is 0 Å². The van der Waals surface area contributed by atoms with Crippen LogP contribution in [0.15, 0.2) is 53.7 Å². The Balaban J connectivity index is 1.86. The maximum Gasteiger partial charge on any atom is 0.214 e. The van der Waals surface area contributed by atoms with Crippen molar-refractivity contribution in [2.75, 3.05) is 0 Å². The highest BCUT2D eigenvalue weighted by Crippen LogP contribution is 2.37. The second-order valence-electron chi connectivity index (χ2n) is 4.96. The first-order valence-corrected chi connectivity index (χ1v) is 8.43. The third kappa shape index (κ3) is 3.65. The normalized spacial score (nSPS) is 12.3. The molecule has 0 spiro atoms. The van der Waals surface area contributed by atoms with Crippen LogP contribution < -0.4 is 0 Å². The maximum atomic E-state index is 9.40. The number of aromatic hydroxyl groups is 1. The lowest BCUT2D eigenvalue weighted by atomic mass is 10.1. The Morgan fingerprint density at radius 1 is 1.13 bits per heavy atom. The molecule has 1 N–H and O–H groups in total. The van der Waals surface area contributed by atoms with Gasteiger partial charge < -0.3 is 5.11 Å². The van der Waals surface area contributed by atoms with Crippen LogP contribution in [0.4, 0.5) is 0 Å². The van der Waals surface area contributed by atoms with Gasteiger partial charge in [-0.3, -0.25) is 0 Å². The monoisotopic (exact) mass is 346 g/mol. The average Bonchev–Trinajstić information content (AvgIpc) is 3.02. The minimum atomic E-state index is 0.212. The van der Waals surface area contributed by atoms with Crippen LogP contribution >= 0.6 is 23.4 Å². The molecule has 118 valence electrons. The zero-order valence-electron chi connectivity index (χ0n) is 12.4.